The van der Waals surface area contributed by atoms with Gasteiger partial charge in [0, 0.05) is 11.6 Å². The molecule has 5 rings (SSSR count). The van der Waals surface area contributed by atoms with Crippen molar-refractivity contribution in [3.63, 3.8) is 0 Å². The second kappa shape index (κ2) is 4.72. The van der Waals surface area contributed by atoms with Crippen LogP contribution < -0.4 is 11.1 Å². The summed E-state index contributed by atoms with van der Waals surface area (Å²) in [6.45, 7) is 0. The minimum absolute atomic E-state index is 0.00692. The summed E-state index contributed by atoms with van der Waals surface area (Å²) in [4.78, 5) is 12.6. The lowest BCUT2D eigenvalue weighted by Gasteiger charge is -2.53. The first-order chi connectivity index (χ1) is 10.1. The second-order valence-corrected chi connectivity index (χ2v) is 7.19. The molecule has 0 heterocycles. The summed E-state index contributed by atoms with van der Waals surface area (Å²) in [5, 5.41) is 2.80. The lowest BCUT2D eigenvalue weighted by molar-refractivity contribution is -0.132. The maximum Gasteiger partial charge on any atom is 0.228 e. The van der Waals surface area contributed by atoms with Gasteiger partial charge in [-0.25, -0.2) is 4.39 Å². The molecule has 4 heteroatoms. The van der Waals surface area contributed by atoms with Crippen molar-refractivity contribution in [1.29, 1.82) is 0 Å². The van der Waals surface area contributed by atoms with Crippen LogP contribution in [0.2, 0.25) is 0 Å². The van der Waals surface area contributed by atoms with Crippen molar-refractivity contribution in [2.24, 2.45) is 29.6 Å². The van der Waals surface area contributed by atoms with Crippen molar-refractivity contribution >= 4 is 17.3 Å². The fourth-order valence-electron chi connectivity index (χ4n) is 5.20. The van der Waals surface area contributed by atoms with Crippen LogP contribution in [0.4, 0.5) is 15.8 Å². The first-order valence-electron chi connectivity index (χ1n) is 7.96. The SMILES string of the molecule is Nc1ccc(NC(=O)C2C3CC4CC(C3)CC2C4)c(F)c1. The fourth-order valence-corrected chi connectivity index (χ4v) is 5.20. The van der Waals surface area contributed by atoms with E-state index in [-0.39, 0.29) is 17.5 Å². The molecular formula is C17H21FN2O. The van der Waals surface area contributed by atoms with Gasteiger partial charge in [-0.2, -0.15) is 0 Å². The molecule has 1 aromatic carbocycles. The Morgan fingerprint density at radius 3 is 2.29 bits per heavy atom. The van der Waals surface area contributed by atoms with E-state index in [4.69, 9.17) is 5.73 Å². The van der Waals surface area contributed by atoms with E-state index >= 15 is 0 Å². The zero-order valence-corrected chi connectivity index (χ0v) is 12.0. The second-order valence-electron chi connectivity index (χ2n) is 7.19. The summed E-state index contributed by atoms with van der Waals surface area (Å²) < 4.78 is 13.8. The van der Waals surface area contributed by atoms with Gasteiger partial charge < -0.3 is 11.1 Å². The Morgan fingerprint density at radius 2 is 1.71 bits per heavy atom. The normalized spacial score (nSPS) is 36.7. The molecule has 0 saturated heterocycles. The summed E-state index contributed by atoms with van der Waals surface area (Å²) in [5.41, 5.74) is 6.17. The van der Waals surface area contributed by atoms with Crippen LogP contribution in [0.1, 0.15) is 32.1 Å². The van der Waals surface area contributed by atoms with Gasteiger partial charge in [-0.1, -0.05) is 0 Å². The number of halogens is 1. The highest BCUT2D eigenvalue weighted by atomic mass is 19.1. The molecule has 3 nitrogen and oxygen atoms in total. The van der Waals surface area contributed by atoms with Gasteiger partial charge in [0.2, 0.25) is 5.91 Å². The van der Waals surface area contributed by atoms with E-state index in [1.54, 1.807) is 12.1 Å². The van der Waals surface area contributed by atoms with Crippen molar-refractivity contribution in [2.75, 3.05) is 11.1 Å². The van der Waals surface area contributed by atoms with E-state index in [0.717, 1.165) is 11.8 Å². The molecule has 4 fully saturated rings. The molecule has 0 atom stereocenters. The van der Waals surface area contributed by atoms with Crippen molar-refractivity contribution in [1.82, 2.24) is 0 Å². The largest absolute Gasteiger partial charge is 0.399 e. The maximum absolute atomic E-state index is 13.8. The van der Waals surface area contributed by atoms with Gasteiger partial charge in [-0.15, -0.1) is 0 Å². The molecule has 4 bridgehead atoms. The summed E-state index contributed by atoms with van der Waals surface area (Å²) in [5.74, 6) is 2.33. The third-order valence-corrected chi connectivity index (χ3v) is 5.78. The first kappa shape index (κ1) is 13.1. The standard InChI is InChI=1S/C17H21FN2O/c18-14-8-13(19)1-2-15(14)20-17(21)16-11-4-9-3-10(6-11)7-12(16)5-9/h1-2,8-12,16H,3-7,19H2,(H,20,21). The number of anilines is 2. The van der Waals surface area contributed by atoms with Gasteiger partial charge in [0.05, 0.1) is 5.69 Å². The monoisotopic (exact) mass is 288 g/mol. The summed E-state index contributed by atoms with van der Waals surface area (Å²) in [7, 11) is 0. The van der Waals surface area contributed by atoms with Crippen molar-refractivity contribution in [3.05, 3.63) is 24.0 Å². The Hall–Kier alpha value is -1.58. The number of hydrogen-bond acceptors (Lipinski definition) is 2. The number of rotatable bonds is 2. The van der Waals surface area contributed by atoms with Crippen molar-refractivity contribution in [3.8, 4) is 0 Å². The molecule has 4 aliphatic carbocycles. The molecule has 112 valence electrons. The van der Waals surface area contributed by atoms with E-state index in [9.17, 15) is 9.18 Å². The van der Waals surface area contributed by atoms with Crippen LogP contribution in [-0.4, -0.2) is 5.91 Å². The topological polar surface area (TPSA) is 55.1 Å². The average Bonchev–Trinajstić information content (AvgIpc) is 2.40. The maximum atomic E-state index is 13.8. The number of nitrogens with one attached hydrogen (secondary N) is 1. The van der Waals surface area contributed by atoms with E-state index < -0.39 is 5.82 Å². The number of nitrogen functional groups attached to an aromatic ring is 1. The minimum atomic E-state index is -0.452. The van der Waals surface area contributed by atoms with Crippen LogP contribution in [0, 0.1) is 35.4 Å². The van der Waals surface area contributed by atoms with Crippen LogP contribution in [0.25, 0.3) is 0 Å². The predicted molar refractivity (Wildman–Crippen MR) is 80.0 cm³/mol. The predicted octanol–water partition coefficient (Wildman–Crippen LogP) is 3.42. The smallest absolute Gasteiger partial charge is 0.228 e. The molecule has 0 aromatic heterocycles. The quantitative estimate of drug-likeness (QED) is 0.819. The van der Waals surface area contributed by atoms with Gasteiger partial charge in [0.15, 0.2) is 0 Å². The lowest BCUT2D eigenvalue weighted by atomic mass is 9.51. The number of carbonyl (C=O) groups is 1. The van der Waals surface area contributed by atoms with Gasteiger partial charge in [-0.3, -0.25) is 4.79 Å². The van der Waals surface area contributed by atoms with E-state index in [2.05, 4.69) is 5.32 Å². The van der Waals surface area contributed by atoms with Crippen LogP contribution in [0.15, 0.2) is 18.2 Å². The van der Waals surface area contributed by atoms with Crippen LogP contribution in [0.3, 0.4) is 0 Å². The summed E-state index contributed by atoms with van der Waals surface area (Å²) >= 11 is 0. The Morgan fingerprint density at radius 1 is 1.10 bits per heavy atom. The summed E-state index contributed by atoms with van der Waals surface area (Å²) in [6, 6.07) is 4.43. The lowest BCUT2D eigenvalue weighted by Crippen LogP contribution is -2.49. The highest BCUT2D eigenvalue weighted by Crippen LogP contribution is 2.56. The van der Waals surface area contributed by atoms with Gasteiger partial charge in [0.1, 0.15) is 5.82 Å². The highest BCUT2D eigenvalue weighted by Gasteiger charge is 2.50. The highest BCUT2D eigenvalue weighted by molar-refractivity contribution is 5.93. The number of amides is 1. The molecule has 4 aliphatic rings. The molecule has 0 aliphatic heterocycles. The molecule has 4 saturated carbocycles. The van der Waals surface area contributed by atoms with E-state index in [1.807, 2.05) is 0 Å². The van der Waals surface area contributed by atoms with Gasteiger partial charge in [-0.05, 0) is 74.0 Å². The zero-order valence-electron chi connectivity index (χ0n) is 12.0. The van der Waals surface area contributed by atoms with Gasteiger partial charge in [0.25, 0.3) is 0 Å². The van der Waals surface area contributed by atoms with E-state index in [0.29, 0.717) is 17.5 Å². The van der Waals surface area contributed by atoms with Crippen LogP contribution in [-0.2, 0) is 4.79 Å². The van der Waals surface area contributed by atoms with E-state index in [1.165, 1.54) is 38.2 Å². The number of nitrogens with two attached hydrogens (primary N) is 1. The minimum Gasteiger partial charge on any atom is -0.399 e. The summed E-state index contributed by atoms with van der Waals surface area (Å²) in [6.07, 6.45) is 6.13. The average molecular weight is 288 g/mol. The number of hydrogen-bond donors (Lipinski definition) is 2. The van der Waals surface area contributed by atoms with Crippen molar-refractivity contribution in [2.45, 2.75) is 32.1 Å². The Labute approximate surface area is 124 Å². The van der Waals surface area contributed by atoms with Crippen molar-refractivity contribution < 1.29 is 9.18 Å². The Kier molecular flexibility index (Phi) is 2.95. The van der Waals surface area contributed by atoms with Crippen LogP contribution in [0.5, 0.6) is 0 Å². The molecule has 0 spiro atoms. The fraction of sp³-hybridized carbons (Fsp3) is 0.588. The zero-order chi connectivity index (χ0) is 14.6. The molecule has 1 amide bonds. The Balaban J connectivity index is 1.52. The molecular weight excluding hydrogens is 267 g/mol. The number of benzene rings is 1. The van der Waals surface area contributed by atoms with Gasteiger partial charge >= 0.3 is 0 Å². The molecule has 1 aromatic rings. The Bertz CT molecular complexity index is 558. The number of carbonyl (C=O) groups excluding carboxylic acids is 1. The molecule has 21 heavy (non-hydrogen) atoms. The molecule has 3 N–H and O–H groups in total. The molecule has 0 unspecified atom stereocenters. The third-order valence-electron chi connectivity index (χ3n) is 5.78. The van der Waals surface area contributed by atoms with Crippen LogP contribution >= 0.6 is 0 Å². The first-order valence-corrected chi connectivity index (χ1v) is 7.96. The molecule has 0 radical (unpaired) electrons. The third kappa shape index (κ3) is 2.21.